The second kappa shape index (κ2) is 5.93. The van der Waals surface area contributed by atoms with E-state index in [0.717, 1.165) is 23.3 Å². The van der Waals surface area contributed by atoms with E-state index in [2.05, 4.69) is 15.3 Å². The van der Waals surface area contributed by atoms with Crippen molar-refractivity contribution < 1.29 is 13.6 Å². The van der Waals surface area contributed by atoms with Gasteiger partial charge in [-0.25, -0.2) is 13.8 Å². The highest BCUT2D eigenvalue weighted by molar-refractivity contribution is 5.85. The summed E-state index contributed by atoms with van der Waals surface area (Å²) in [6.07, 6.45) is 0.557. The van der Waals surface area contributed by atoms with Crippen LogP contribution in [0.2, 0.25) is 0 Å². The van der Waals surface area contributed by atoms with Crippen molar-refractivity contribution in [3.05, 3.63) is 65.0 Å². The average molecular weight is 342 g/mol. The number of nitrogens with one attached hydrogen (secondary N) is 2. The fourth-order valence-electron chi connectivity index (χ4n) is 3.36. The van der Waals surface area contributed by atoms with Gasteiger partial charge in [0.2, 0.25) is 5.91 Å². The number of aromatic amines is 1. The smallest absolute Gasteiger partial charge is 0.227 e. The number of rotatable bonds is 3. The molecule has 0 bridgehead atoms. The molecule has 0 saturated carbocycles. The van der Waals surface area contributed by atoms with Crippen LogP contribution in [0.4, 0.5) is 8.78 Å². The molecule has 4 N–H and O–H groups in total. The van der Waals surface area contributed by atoms with E-state index in [9.17, 15) is 13.6 Å². The topological polar surface area (TPSA) is 83.8 Å². The number of aromatic nitrogens is 2. The Bertz CT molecular complexity index is 930. The van der Waals surface area contributed by atoms with Crippen molar-refractivity contribution in [3.63, 3.8) is 0 Å². The van der Waals surface area contributed by atoms with E-state index in [1.165, 1.54) is 0 Å². The van der Waals surface area contributed by atoms with Gasteiger partial charge in [0.15, 0.2) is 11.6 Å². The first-order chi connectivity index (χ1) is 12.0. The van der Waals surface area contributed by atoms with Crippen LogP contribution in [0.5, 0.6) is 0 Å². The van der Waals surface area contributed by atoms with E-state index >= 15 is 0 Å². The third-order valence-corrected chi connectivity index (χ3v) is 4.58. The van der Waals surface area contributed by atoms with Crippen molar-refractivity contribution in [2.45, 2.75) is 24.9 Å². The predicted molar refractivity (Wildman–Crippen MR) is 88.6 cm³/mol. The summed E-state index contributed by atoms with van der Waals surface area (Å²) in [4.78, 5) is 19.6. The molecule has 0 fully saturated rings. The van der Waals surface area contributed by atoms with E-state index in [1.807, 2.05) is 24.3 Å². The quantitative estimate of drug-likeness (QED) is 0.684. The second-order valence-electron chi connectivity index (χ2n) is 6.21. The Kier molecular flexibility index (Phi) is 3.73. The van der Waals surface area contributed by atoms with E-state index in [4.69, 9.17) is 5.73 Å². The van der Waals surface area contributed by atoms with Crippen LogP contribution in [-0.4, -0.2) is 15.9 Å². The molecule has 128 valence electrons. The summed E-state index contributed by atoms with van der Waals surface area (Å²) < 4.78 is 26.5. The number of hydrogen-bond acceptors (Lipinski definition) is 3. The van der Waals surface area contributed by atoms with Gasteiger partial charge in [-0.05, 0) is 17.5 Å². The fraction of sp³-hybridized carbons (Fsp3) is 0.222. The Balaban J connectivity index is 1.49. The molecule has 3 aromatic rings. The largest absolute Gasteiger partial charge is 0.348 e. The number of H-pyrrole nitrogens is 1. The maximum Gasteiger partial charge on any atom is 0.227 e. The van der Waals surface area contributed by atoms with E-state index < -0.39 is 11.6 Å². The molecule has 7 heteroatoms. The summed E-state index contributed by atoms with van der Waals surface area (Å²) >= 11 is 0. The Hall–Kier alpha value is -2.80. The van der Waals surface area contributed by atoms with Crippen LogP contribution in [0, 0.1) is 11.6 Å². The molecule has 0 saturated heterocycles. The third-order valence-electron chi connectivity index (χ3n) is 4.58. The number of benzene rings is 2. The number of nitrogens with zero attached hydrogens (tertiary/aromatic N) is 1. The van der Waals surface area contributed by atoms with Crippen LogP contribution in [0.15, 0.2) is 36.4 Å². The highest BCUT2D eigenvalue weighted by Gasteiger charge is 2.33. The summed E-state index contributed by atoms with van der Waals surface area (Å²) in [5, 5.41) is 2.82. The van der Waals surface area contributed by atoms with Crippen molar-refractivity contribution in [3.8, 4) is 0 Å². The van der Waals surface area contributed by atoms with Crippen LogP contribution in [0.3, 0.4) is 0 Å². The summed E-state index contributed by atoms with van der Waals surface area (Å²) in [5.41, 5.74) is 8.74. The number of nitrogens with two attached hydrogens (primary N) is 1. The van der Waals surface area contributed by atoms with Gasteiger partial charge in [0, 0.05) is 18.2 Å². The molecule has 25 heavy (non-hydrogen) atoms. The number of carbonyl (C=O) groups is 1. The highest BCUT2D eigenvalue weighted by atomic mass is 19.2. The molecular formula is C18H16F2N4O. The molecule has 0 aliphatic heterocycles. The minimum Gasteiger partial charge on any atom is -0.348 e. The molecule has 1 aliphatic carbocycles. The van der Waals surface area contributed by atoms with E-state index in [0.29, 0.717) is 23.3 Å². The summed E-state index contributed by atoms with van der Waals surface area (Å²) in [6, 6.07) is 9.58. The van der Waals surface area contributed by atoms with Gasteiger partial charge in [-0.2, -0.15) is 0 Å². The second-order valence-corrected chi connectivity index (χ2v) is 6.21. The zero-order valence-corrected chi connectivity index (χ0v) is 13.2. The van der Waals surface area contributed by atoms with Gasteiger partial charge < -0.3 is 16.0 Å². The molecule has 1 aliphatic rings. The average Bonchev–Trinajstić information content (AvgIpc) is 3.14. The molecule has 4 rings (SSSR count). The molecule has 5 nitrogen and oxygen atoms in total. The van der Waals surface area contributed by atoms with Gasteiger partial charge in [0.1, 0.15) is 5.82 Å². The van der Waals surface area contributed by atoms with Gasteiger partial charge in [0.05, 0.1) is 23.5 Å². The minimum absolute atomic E-state index is 0.141. The van der Waals surface area contributed by atoms with Crippen molar-refractivity contribution in [2.75, 3.05) is 0 Å². The lowest BCUT2D eigenvalue weighted by atomic mass is 10.0. The third kappa shape index (κ3) is 2.76. The van der Waals surface area contributed by atoms with Gasteiger partial charge in [-0.15, -0.1) is 0 Å². The summed E-state index contributed by atoms with van der Waals surface area (Å²) in [5.74, 6) is -1.90. The van der Waals surface area contributed by atoms with Crippen molar-refractivity contribution >= 4 is 16.9 Å². The fourth-order valence-corrected chi connectivity index (χ4v) is 3.36. The normalized spacial score (nSPS) is 19.2. The number of imidazole rings is 1. The summed E-state index contributed by atoms with van der Waals surface area (Å²) in [6.45, 7) is 0.144. The van der Waals surface area contributed by atoms with Gasteiger partial charge in [0.25, 0.3) is 0 Å². The van der Waals surface area contributed by atoms with Crippen molar-refractivity contribution in [2.24, 2.45) is 5.73 Å². The van der Waals surface area contributed by atoms with Gasteiger partial charge in [-0.3, -0.25) is 4.79 Å². The number of hydrogen-bond donors (Lipinski definition) is 3. The molecule has 2 aromatic carbocycles. The Morgan fingerprint density at radius 2 is 1.96 bits per heavy atom. The first kappa shape index (κ1) is 15.7. The van der Waals surface area contributed by atoms with Crippen LogP contribution in [0.25, 0.3) is 11.0 Å². The van der Waals surface area contributed by atoms with Crippen LogP contribution in [-0.2, 0) is 11.3 Å². The monoisotopic (exact) mass is 342 g/mol. The Labute approximate surface area is 142 Å². The molecule has 2 unspecified atom stereocenters. The van der Waals surface area contributed by atoms with Crippen molar-refractivity contribution in [1.29, 1.82) is 0 Å². The number of fused-ring (bicyclic) bond motifs is 2. The molecule has 2 atom stereocenters. The maximum absolute atomic E-state index is 13.2. The summed E-state index contributed by atoms with van der Waals surface area (Å²) in [7, 11) is 0. The highest BCUT2D eigenvalue weighted by Crippen LogP contribution is 2.38. The Morgan fingerprint density at radius 3 is 2.76 bits per heavy atom. The van der Waals surface area contributed by atoms with Gasteiger partial charge >= 0.3 is 0 Å². The molecule has 0 spiro atoms. The number of carbonyl (C=O) groups excluding carboxylic acids is 1. The first-order valence-corrected chi connectivity index (χ1v) is 7.98. The lowest BCUT2D eigenvalue weighted by Gasteiger charge is -2.11. The Morgan fingerprint density at radius 1 is 1.24 bits per heavy atom. The SMILES string of the molecule is NC1CC(C(=O)NCc2nc3cc(F)c(F)cc3[nH]2)c2ccccc21. The van der Waals surface area contributed by atoms with E-state index in [-0.39, 0.29) is 24.4 Å². The standard InChI is InChI=1S/C18H16F2N4O/c19-12-6-15-16(7-13(12)20)24-17(23-15)8-22-18(25)11-5-14(21)10-4-2-1-3-9(10)11/h1-4,6-7,11,14H,5,8,21H2,(H,22,25)(H,23,24). The lowest BCUT2D eigenvalue weighted by molar-refractivity contribution is -0.122. The number of amides is 1. The van der Waals surface area contributed by atoms with Gasteiger partial charge in [-0.1, -0.05) is 24.3 Å². The minimum atomic E-state index is -0.953. The zero-order valence-electron chi connectivity index (χ0n) is 13.2. The molecule has 1 aromatic heterocycles. The lowest BCUT2D eigenvalue weighted by Crippen LogP contribution is -2.28. The van der Waals surface area contributed by atoms with Crippen molar-refractivity contribution in [1.82, 2.24) is 15.3 Å². The first-order valence-electron chi connectivity index (χ1n) is 7.98. The molecular weight excluding hydrogens is 326 g/mol. The predicted octanol–water partition coefficient (Wildman–Crippen LogP) is 2.64. The zero-order chi connectivity index (χ0) is 17.6. The maximum atomic E-state index is 13.2. The number of halogens is 2. The van der Waals surface area contributed by atoms with Crippen LogP contribution >= 0.6 is 0 Å². The molecule has 1 heterocycles. The van der Waals surface area contributed by atoms with Crippen LogP contribution < -0.4 is 11.1 Å². The van der Waals surface area contributed by atoms with Crippen LogP contribution in [0.1, 0.15) is 35.3 Å². The molecule has 0 radical (unpaired) electrons. The van der Waals surface area contributed by atoms with E-state index in [1.54, 1.807) is 0 Å². The molecule has 1 amide bonds.